The van der Waals surface area contributed by atoms with Gasteiger partial charge in [0.2, 0.25) is 16.7 Å². The van der Waals surface area contributed by atoms with Crippen molar-refractivity contribution in [1.82, 2.24) is 10.2 Å². The van der Waals surface area contributed by atoms with Crippen LogP contribution in [0.15, 0.2) is 86.8 Å². The zero-order valence-electron chi connectivity index (χ0n) is 24.2. The summed E-state index contributed by atoms with van der Waals surface area (Å²) >= 11 is 2.66. The van der Waals surface area contributed by atoms with Crippen molar-refractivity contribution in [2.75, 3.05) is 26.2 Å². The minimum absolute atomic E-state index is 0.0218. The van der Waals surface area contributed by atoms with E-state index >= 15 is 0 Å². The molecule has 44 heavy (non-hydrogen) atoms. The van der Waals surface area contributed by atoms with E-state index in [9.17, 15) is 14.7 Å². The Morgan fingerprint density at radius 2 is 1.70 bits per heavy atom. The van der Waals surface area contributed by atoms with E-state index in [-0.39, 0.29) is 16.5 Å². The first-order valence-corrected chi connectivity index (χ1v) is 15.2. The van der Waals surface area contributed by atoms with Crippen molar-refractivity contribution in [2.45, 2.75) is 23.1 Å². The van der Waals surface area contributed by atoms with Gasteiger partial charge in [-0.2, -0.15) is 0 Å². The number of para-hydroxylation sites is 1. The second-order valence-corrected chi connectivity index (χ2v) is 12.1. The van der Waals surface area contributed by atoms with Crippen LogP contribution in [0.1, 0.15) is 33.3 Å². The molecule has 10 nitrogen and oxygen atoms in total. The minimum atomic E-state index is -1.11. The summed E-state index contributed by atoms with van der Waals surface area (Å²) in [4.78, 5) is 29.0. The van der Waals surface area contributed by atoms with Gasteiger partial charge in [0.25, 0.3) is 5.91 Å². The fourth-order valence-corrected chi connectivity index (χ4v) is 6.85. The lowest BCUT2D eigenvalue weighted by molar-refractivity contribution is -0.117. The number of benzene rings is 3. The average Bonchev–Trinajstić information content (AvgIpc) is 3.76. The number of aliphatic hydroxyl groups excluding tert-OH is 1. The van der Waals surface area contributed by atoms with Crippen molar-refractivity contribution in [3.8, 4) is 17.2 Å². The van der Waals surface area contributed by atoms with Crippen LogP contribution in [-0.2, 0) is 10.5 Å². The summed E-state index contributed by atoms with van der Waals surface area (Å²) in [5.41, 5.74) is 3.03. The standard InChI is InChI=1S/C32H27N3O7S2/c1-17-9-11-18(12-10-17)16-43-32-34-33-31(44-32)35-26(20-14-23(39-2)29(41-4)24(15-20)40-3)25(28(37)30(35)38)27(36)22-13-19-7-5-6-8-21(19)42-22/h5-15,26,37H,16H2,1-4H3/t26-/m1/s1. The first-order valence-electron chi connectivity index (χ1n) is 13.4. The molecule has 1 atom stereocenters. The molecule has 1 aliphatic heterocycles. The number of hydrogen-bond acceptors (Lipinski definition) is 11. The average molecular weight is 630 g/mol. The zero-order valence-corrected chi connectivity index (χ0v) is 25.8. The second kappa shape index (κ2) is 12.1. The molecule has 12 heteroatoms. The number of Topliss-reactive ketones (excluding diaryl/α,β-unsaturated/α-hetero) is 1. The monoisotopic (exact) mass is 629 g/mol. The topological polar surface area (TPSA) is 124 Å². The van der Waals surface area contributed by atoms with Gasteiger partial charge in [0.05, 0.1) is 32.9 Å². The number of hydrogen-bond donors (Lipinski definition) is 1. The third kappa shape index (κ3) is 5.26. The van der Waals surface area contributed by atoms with Crippen molar-refractivity contribution < 1.29 is 33.3 Å². The van der Waals surface area contributed by atoms with E-state index in [2.05, 4.69) is 10.2 Å². The predicted molar refractivity (Wildman–Crippen MR) is 167 cm³/mol. The van der Waals surface area contributed by atoms with Crippen LogP contribution >= 0.6 is 23.1 Å². The number of carbonyl (C=O) groups is 2. The molecule has 1 N–H and O–H groups in total. The van der Waals surface area contributed by atoms with Crippen LogP contribution in [0.4, 0.5) is 5.13 Å². The van der Waals surface area contributed by atoms with Gasteiger partial charge < -0.3 is 23.7 Å². The predicted octanol–water partition coefficient (Wildman–Crippen LogP) is 6.69. The lowest BCUT2D eigenvalue weighted by Gasteiger charge is -2.25. The van der Waals surface area contributed by atoms with Gasteiger partial charge in [-0.05, 0) is 42.3 Å². The van der Waals surface area contributed by atoms with E-state index in [4.69, 9.17) is 18.6 Å². The SMILES string of the molecule is COc1cc([C@@H]2C(C(=O)c3cc4ccccc4o3)=C(O)C(=O)N2c2nnc(SCc3ccc(C)cc3)s2)cc(OC)c1OC. The first-order chi connectivity index (χ1) is 21.3. The molecule has 0 aliphatic carbocycles. The summed E-state index contributed by atoms with van der Waals surface area (Å²) in [5, 5.41) is 20.8. The Morgan fingerprint density at radius 1 is 1.00 bits per heavy atom. The molecule has 0 radical (unpaired) electrons. The fourth-order valence-electron chi connectivity index (χ4n) is 5.02. The van der Waals surface area contributed by atoms with E-state index in [1.54, 1.807) is 30.3 Å². The molecule has 1 aliphatic rings. The smallest absolute Gasteiger partial charge is 0.296 e. The van der Waals surface area contributed by atoms with Crippen LogP contribution in [0.2, 0.25) is 0 Å². The Bertz CT molecular complexity index is 1850. The number of fused-ring (bicyclic) bond motifs is 1. The largest absolute Gasteiger partial charge is 0.503 e. The molecule has 3 heterocycles. The number of aliphatic hydroxyl groups is 1. The summed E-state index contributed by atoms with van der Waals surface area (Å²) in [6, 6.07) is 19.1. The molecule has 0 saturated heterocycles. The third-order valence-corrected chi connectivity index (χ3v) is 9.32. The Kier molecular flexibility index (Phi) is 8.02. The lowest BCUT2D eigenvalue weighted by atomic mass is 9.94. The van der Waals surface area contributed by atoms with E-state index in [0.717, 1.165) is 5.56 Å². The number of ether oxygens (including phenoxy) is 3. The van der Waals surface area contributed by atoms with E-state index < -0.39 is 23.5 Å². The molecular formula is C32H27N3O7S2. The lowest BCUT2D eigenvalue weighted by Crippen LogP contribution is -2.31. The molecule has 5 aromatic rings. The van der Waals surface area contributed by atoms with E-state index in [1.807, 2.05) is 43.3 Å². The van der Waals surface area contributed by atoms with Crippen LogP contribution in [0.3, 0.4) is 0 Å². The Balaban J connectivity index is 1.43. The number of anilines is 1. The van der Waals surface area contributed by atoms with Gasteiger partial charge in [-0.1, -0.05) is 71.1 Å². The molecule has 0 saturated carbocycles. The van der Waals surface area contributed by atoms with Crippen molar-refractivity contribution in [3.05, 3.63) is 101 Å². The maximum Gasteiger partial charge on any atom is 0.296 e. The highest BCUT2D eigenvalue weighted by Gasteiger charge is 2.47. The quantitative estimate of drug-likeness (QED) is 0.101. The molecule has 0 bridgehead atoms. The Labute approximate surface area is 260 Å². The number of aromatic nitrogens is 2. The van der Waals surface area contributed by atoms with Crippen LogP contribution in [0.25, 0.3) is 11.0 Å². The number of ketones is 1. The summed E-state index contributed by atoms with van der Waals surface area (Å²) in [5.74, 6) is -0.575. The molecule has 0 spiro atoms. The van der Waals surface area contributed by atoms with Gasteiger partial charge >= 0.3 is 0 Å². The zero-order chi connectivity index (χ0) is 31.0. The molecule has 6 rings (SSSR count). The third-order valence-electron chi connectivity index (χ3n) is 7.19. The van der Waals surface area contributed by atoms with Crippen LogP contribution in [-0.4, -0.2) is 48.3 Å². The summed E-state index contributed by atoms with van der Waals surface area (Å²) in [6.45, 7) is 2.03. The van der Waals surface area contributed by atoms with Crippen LogP contribution in [0, 0.1) is 6.92 Å². The number of methoxy groups -OCH3 is 3. The molecule has 3 aromatic carbocycles. The van der Waals surface area contributed by atoms with Crippen LogP contribution in [0.5, 0.6) is 17.2 Å². The highest BCUT2D eigenvalue weighted by Crippen LogP contribution is 2.48. The fraction of sp³-hybridized carbons (Fsp3) is 0.188. The molecule has 0 unspecified atom stereocenters. The van der Waals surface area contributed by atoms with Gasteiger partial charge in [-0.15, -0.1) is 10.2 Å². The molecule has 0 fully saturated rings. The second-order valence-electron chi connectivity index (χ2n) is 9.90. The maximum absolute atomic E-state index is 14.0. The summed E-state index contributed by atoms with van der Waals surface area (Å²) in [7, 11) is 4.41. The van der Waals surface area contributed by atoms with Crippen molar-refractivity contribution in [3.63, 3.8) is 0 Å². The summed E-state index contributed by atoms with van der Waals surface area (Å²) in [6.07, 6.45) is 0. The normalized spacial score (nSPS) is 14.9. The maximum atomic E-state index is 14.0. The van der Waals surface area contributed by atoms with Crippen LogP contribution < -0.4 is 19.1 Å². The molecule has 2 aromatic heterocycles. The number of nitrogens with zero attached hydrogens (tertiary/aromatic N) is 3. The first kappa shape index (κ1) is 29.3. The van der Waals surface area contributed by atoms with Crippen molar-refractivity contribution in [2.24, 2.45) is 0 Å². The number of carbonyl (C=O) groups excluding carboxylic acids is 2. The number of rotatable bonds is 10. The number of thioether (sulfide) groups is 1. The molecule has 224 valence electrons. The van der Waals surface area contributed by atoms with Gasteiger partial charge in [-0.3, -0.25) is 14.5 Å². The van der Waals surface area contributed by atoms with Crippen molar-refractivity contribution >= 4 is 50.9 Å². The van der Waals surface area contributed by atoms with Gasteiger partial charge in [-0.25, -0.2) is 0 Å². The highest BCUT2D eigenvalue weighted by atomic mass is 32.2. The summed E-state index contributed by atoms with van der Waals surface area (Å²) < 4.78 is 23.1. The molecular weight excluding hydrogens is 603 g/mol. The minimum Gasteiger partial charge on any atom is -0.503 e. The van der Waals surface area contributed by atoms with Gasteiger partial charge in [0.15, 0.2) is 27.4 Å². The van der Waals surface area contributed by atoms with E-state index in [0.29, 0.717) is 43.9 Å². The van der Waals surface area contributed by atoms with Crippen molar-refractivity contribution in [1.29, 1.82) is 0 Å². The number of amides is 1. The number of furan rings is 1. The Morgan fingerprint density at radius 3 is 2.36 bits per heavy atom. The van der Waals surface area contributed by atoms with Gasteiger partial charge in [0.1, 0.15) is 5.58 Å². The van der Waals surface area contributed by atoms with E-state index in [1.165, 1.54) is 54.9 Å². The van der Waals surface area contributed by atoms with Gasteiger partial charge in [0, 0.05) is 11.1 Å². The highest BCUT2D eigenvalue weighted by molar-refractivity contribution is 8.00. The molecule has 1 amide bonds. The number of aryl methyl sites for hydroxylation is 1. The Hall–Kier alpha value is -4.81.